The molecular formula is C44H90O3. The molecule has 284 valence electrons. The second kappa shape index (κ2) is 47.5. The van der Waals surface area contributed by atoms with Crippen molar-refractivity contribution in [2.45, 2.75) is 271 Å². The minimum Gasteiger partial charge on any atom is -0.481 e. The van der Waals surface area contributed by atoms with Crippen molar-refractivity contribution in [3.63, 3.8) is 0 Å². The normalized spacial score (nSPS) is 11.1. The van der Waals surface area contributed by atoms with Gasteiger partial charge in [-0.3, -0.25) is 4.79 Å². The van der Waals surface area contributed by atoms with Crippen molar-refractivity contribution in [1.82, 2.24) is 0 Å². The van der Waals surface area contributed by atoms with Crippen LogP contribution in [0.5, 0.6) is 0 Å². The fraction of sp³-hybridized carbons (Fsp3) is 0.977. The van der Waals surface area contributed by atoms with E-state index in [1.807, 2.05) is 0 Å². The molecule has 0 saturated heterocycles. The first-order chi connectivity index (χ1) is 23.2. The van der Waals surface area contributed by atoms with E-state index in [0.29, 0.717) is 13.0 Å². The lowest BCUT2D eigenvalue weighted by molar-refractivity contribution is -0.137. The zero-order valence-electron chi connectivity index (χ0n) is 32.8. The van der Waals surface area contributed by atoms with E-state index in [0.717, 1.165) is 19.3 Å². The second-order valence-corrected chi connectivity index (χ2v) is 14.9. The van der Waals surface area contributed by atoms with Gasteiger partial charge in [0.2, 0.25) is 0 Å². The Morgan fingerprint density at radius 1 is 0.298 bits per heavy atom. The maximum Gasteiger partial charge on any atom is 0.303 e. The molecule has 0 aromatic rings. The van der Waals surface area contributed by atoms with E-state index in [4.69, 9.17) is 10.2 Å². The Balaban J connectivity index is 0. The molecular weight excluding hydrogens is 576 g/mol. The molecule has 0 aliphatic heterocycles. The van der Waals surface area contributed by atoms with Crippen molar-refractivity contribution in [2.75, 3.05) is 6.61 Å². The summed E-state index contributed by atoms with van der Waals surface area (Å²) in [7, 11) is 0. The van der Waals surface area contributed by atoms with Crippen LogP contribution in [0.3, 0.4) is 0 Å². The molecule has 0 fully saturated rings. The number of carboxylic acid groups (broad SMARTS) is 1. The monoisotopic (exact) mass is 667 g/mol. The van der Waals surface area contributed by atoms with Gasteiger partial charge in [-0.2, -0.15) is 0 Å². The summed E-state index contributed by atoms with van der Waals surface area (Å²) in [4.78, 5) is 10.3. The van der Waals surface area contributed by atoms with E-state index >= 15 is 0 Å². The molecule has 0 heterocycles. The van der Waals surface area contributed by atoms with Crippen molar-refractivity contribution in [3.8, 4) is 0 Å². The summed E-state index contributed by atoms with van der Waals surface area (Å²) in [5, 5.41) is 17.3. The van der Waals surface area contributed by atoms with Crippen LogP contribution >= 0.6 is 0 Å². The molecule has 0 saturated carbocycles. The molecule has 0 rings (SSSR count). The molecule has 0 aliphatic carbocycles. The van der Waals surface area contributed by atoms with E-state index < -0.39 is 5.97 Å². The van der Waals surface area contributed by atoms with Crippen LogP contribution in [0.2, 0.25) is 0 Å². The minimum atomic E-state index is -0.653. The fourth-order valence-electron chi connectivity index (χ4n) is 6.72. The van der Waals surface area contributed by atoms with Crippen LogP contribution in [0.25, 0.3) is 0 Å². The Hall–Kier alpha value is -0.570. The van der Waals surface area contributed by atoms with Crippen molar-refractivity contribution < 1.29 is 15.0 Å². The van der Waals surface area contributed by atoms with Crippen LogP contribution in [-0.2, 0) is 4.79 Å². The van der Waals surface area contributed by atoms with Crippen molar-refractivity contribution in [2.24, 2.45) is 0 Å². The van der Waals surface area contributed by atoms with E-state index in [1.54, 1.807) is 0 Å². The van der Waals surface area contributed by atoms with E-state index in [1.165, 1.54) is 231 Å². The molecule has 0 aromatic carbocycles. The highest BCUT2D eigenvalue weighted by atomic mass is 16.4. The average molecular weight is 667 g/mol. The maximum atomic E-state index is 10.3. The average Bonchev–Trinajstić information content (AvgIpc) is 3.07. The van der Waals surface area contributed by atoms with Crippen LogP contribution in [0.1, 0.15) is 271 Å². The summed E-state index contributed by atoms with van der Waals surface area (Å²) in [6.07, 6.45) is 54.3. The fourth-order valence-corrected chi connectivity index (χ4v) is 6.72. The standard InChI is InChI=1S/C26H54O.C18H36O2/c1-2-3-4-5-6-7-8-9-10-11-12-13-14-15-16-17-18-19-20-21-22-23-24-25-26-27;1-2-3-4-5-6-7-8-9-10-11-12-13-14-15-16-17-18(19)20/h27H,2-26H2,1H3;2-17H2,1H3,(H,19,20). The first-order valence-corrected chi connectivity index (χ1v) is 22.0. The van der Waals surface area contributed by atoms with E-state index in [9.17, 15) is 4.79 Å². The Labute approximate surface area is 297 Å². The quantitative estimate of drug-likeness (QED) is 0.0640. The molecule has 0 atom stereocenters. The SMILES string of the molecule is CCCCCCCCCCCCCCCCCC(=O)O.CCCCCCCCCCCCCCCCCCCCCCCCCCO. The van der Waals surface area contributed by atoms with Gasteiger partial charge in [0.05, 0.1) is 0 Å². The molecule has 3 heteroatoms. The zero-order valence-corrected chi connectivity index (χ0v) is 32.8. The predicted molar refractivity (Wildman–Crippen MR) is 211 cm³/mol. The molecule has 0 unspecified atom stereocenters. The predicted octanol–water partition coefficient (Wildman–Crippen LogP) is 15.7. The number of unbranched alkanes of at least 4 members (excludes halogenated alkanes) is 37. The number of rotatable bonds is 40. The summed E-state index contributed by atoms with van der Waals surface area (Å²) in [5.41, 5.74) is 0. The Kier molecular flexibility index (Phi) is 49.1. The van der Waals surface area contributed by atoms with Crippen molar-refractivity contribution >= 4 is 5.97 Å². The first kappa shape index (κ1) is 48.5. The highest BCUT2D eigenvalue weighted by Crippen LogP contribution is 2.16. The van der Waals surface area contributed by atoms with Gasteiger partial charge in [-0.1, -0.05) is 251 Å². The maximum absolute atomic E-state index is 10.3. The number of carboxylic acids is 1. The van der Waals surface area contributed by atoms with Crippen LogP contribution in [0, 0.1) is 0 Å². The van der Waals surface area contributed by atoms with E-state index in [2.05, 4.69) is 13.8 Å². The third-order valence-corrected chi connectivity index (χ3v) is 10.0. The third-order valence-electron chi connectivity index (χ3n) is 10.0. The van der Waals surface area contributed by atoms with E-state index in [-0.39, 0.29) is 0 Å². The second-order valence-electron chi connectivity index (χ2n) is 14.9. The summed E-state index contributed by atoms with van der Waals surface area (Å²) in [6.45, 7) is 4.94. The number of hydrogen-bond acceptors (Lipinski definition) is 2. The summed E-state index contributed by atoms with van der Waals surface area (Å²) in [5.74, 6) is -0.653. The molecule has 0 aromatic heterocycles. The van der Waals surface area contributed by atoms with Gasteiger partial charge in [-0.15, -0.1) is 0 Å². The highest BCUT2D eigenvalue weighted by Gasteiger charge is 1.98. The Bertz CT molecular complexity index is 510. The van der Waals surface area contributed by atoms with Gasteiger partial charge in [0.15, 0.2) is 0 Å². The number of aliphatic carboxylic acids is 1. The van der Waals surface area contributed by atoms with Crippen LogP contribution in [-0.4, -0.2) is 22.8 Å². The molecule has 47 heavy (non-hydrogen) atoms. The number of aliphatic hydroxyl groups is 1. The lowest BCUT2D eigenvalue weighted by atomic mass is 10.0. The molecule has 2 N–H and O–H groups in total. The van der Waals surface area contributed by atoms with Crippen LogP contribution < -0.4 is 0 Å². The van der Waals surface area contributed by atoms with Crippen molar-refractivity contribution in [3.05, 3.63) is 0 Å². The number of carbonyl (C=O) groups is 1. The number of hydrogen-bond donors (Lipinski definition) is 2. The Morgan fingerprint density at radius 3 is 0.638 bits per heavy atom. The number of aliphatic hydroxyl groups excluding tert-OH is 1. The van der Waals surface area contributed by atoms with Crippen LogP contribution in [0.4, 0.5) is 0 Å². The van der Waals surface area contributed by atoms with Gasteiger partial charge in [0.1, 0.15) is 0 Å². The smallest absolute Gasteiger partial charge is 0.303 e. The molecule has 0 spiro atoms. The molecule has 0 radical (unpaired) electrons. The largest absolute Gasteiger partial charge is 0.481 e. The van der Waals surface area contributed by atoms with Crippen LogP contribution in [0.15, 0.2) is 0 Å². The molecule has 0 amide bonds. The molecule has 0 bridgehead atoms. The zero-order chi connectivity index (χ0) is 34.6. The third kappa shape index (κ3) is 52.4. The summed E-state index contributed by atoms with van der Waals surface area (Å²) in [6, 6.07) is 0. The highest BCUT2D eigenvalue weighted by molar-refractivity contribution is 5.66. The lowest BCUT2D eigenvalue weighted by Gasteiger charge is -2.04. The van der Waals surface area contributed by atoms with Gasteiger partial charge in [-0.05, 0) is 12.8 Å². The first-order valence-electron chi connectivity index (χ1n) is 22.0. The minimum absolute atomic E-state index is 0.345. The lowest BCUT2D eigenvalue weighted by Crippen LogP contribution is -1.93. The van der Waals surface area contributed by atoms with Gasteiger partial charge in [-0.25, -0.2) is 0 Å². The van der Waals surface area contributed by atoms with Crippen molar-refractivity contribution in [1.29, 1.82) is 0 Å². The summed E-state index contributed by atoms with van der Waals surface area (Å²) >= 11 is 0. The van der Waals surface area contributed by atoms with Gasteiger partial charge in [0, 0.05) is 13.0 Å². The molecule has 3 nitrogen and oxygen atoms in total. The van der Waals surface area contributed by atoms with Gasteiger partial charge in [0.25, 0.3) is 0 Å². The topological polar surface area (TPSA) is 57.5 Å². The Morgan fingerprint density at radius 2 is 0.468 bits per heavy atom. The van der Waals surface area contributed by atoms with Gasteiger partial charge < -0.3 is 10.2 Å². The molecule has 0 aliphatic rings. The summed E-state index contributed by atoms with van der Waals surface area (Å²) < 4.78 is 0. The van der Waals surface area contributed by atoms with Gasteiger partial charge >= 0.3 is 5.97 Å².